The molecule has 0 aliphatic rings. The van der Waals surface area contributed by atoms with Crippen molar-refractivity contribution < 1.29 is 17.9 Å². The van der Waals surface area contributed by atoms with Crippen LogP contribution in [0.15, 0.2) is 6.33 Å². The summed E-state index contributed by atoms with van der Waals surface area (Å²) in [6, 6.07) is 0. The van der Waals surface area contributed by atoms with E-state index in [-0.39, 0.29) is 6.54 Å². The van der Waals surface area contributed by atoms with Gasteiger partial charge in [0.2, 0.25) is 5.88 Å². The first-order valence-corrected chi connectivity index (χ1v) is 5.19. The van der Waals surface area contributed by atoms with Crippen LogP contribution in [-0.2, 0) is 0 Å². The van der Waals surface area contributed by atoms with Gasteiger partial charge in [0.25, 0.3) is 0 Å². The van der Waals surface area contributed by atoms with Gasteiger partial charge < -0.3 is 10.1 Å². The number of nitrogens with zero attached hydrogens (tertiary/aromatic N) is 2. The van der Waals surface area contributed by atoms with Gasteiger partial charge in [0.15, 0.2) is 0 Å². The number of alkyl halides is 3. The summed E-state index contributed by atoms with van der Waals surface area (Å²) >= 11 is 0. The minimum atomic E-state index is -4.17. The zero-order chi connectivity index (χ0) is 12.9. The first-order chi connectivity index (χ1) is 7.94. The number of hydrogen-bond acceptors (Lipinski definition) is 4. The molecule has 1 heterocycles. The quantitative estimate of drug-likeness (QED) is 0.871. The predicted molar refractivity (Wildman–Crippen MR) is 57.1 cm³/mol. The molecule has 0 unspecified atom stereocenters. The van der Waals surface area contributed by atoms with Gasteiger partial charge in [-0.05, 0) is 13.8 Å². The van der Waals surface area contributed by atoms with Crippen LogP contribution in [-0.4, -0.2) is 29.3 Å². The van der Waals surface area contributed by atoms with Crippen molar-refractivity contribution in [3.05, 3.63) is 11.9 Å². The molecule has 1 N–H and O–H groups in total. The molecule has 1 aromatic rings. The Bertz CT molecular complexity index is 368. The van der Waals surface area contributed by atoms with Gasteiger partial charge in [-0.1, -0.05) is 0 Å². The average Bonchev–Trinajstić information content (AvgIpc) is 2.22. The van der Waals surface area contributed by atoms with Crippen molar-refractivity contribution in [1.82, 2.24) is 9.97 Å². The van der Waals surface area contributed by atoms with Gasteiger partial charge in [-0.3, -0.25) is 0 Å². The van der Waals surface area contributed by atoms with Crippen LogP contribution in [0, 0.1) is 6.92 Å². The maximum absolute atomic E-state index is 12.0. The van der Waals surface area contributed by atoms with Crippen LogP contribution in [0.4, 0.5) is 19.0 Å². The van der Waals surface area contributed by atoms with Crippen molar-refractivity contribution in [2.75, 3.05) is 18.5 Å². The summed E-state index contributed by atoms with van der Waals surface area (Å²) in [6.07, 6.45) is -3.81. The summed E-state index contributed by atoms with van der Waals surface area (Å²) in [7, 11) is 0. The van der Waals surface area contributed by atoms with Crippen molar-refractivity contribution in [1.29, 1.82) is 0 Å². The molecule has 0 saturated heterocycles. The number of rotatable bonds is 5. The zero-order valence-corrected chi connectivity index (χ0v) is 9.64. The van der Waals surface area contributed by atoms with E-state index < -0.39 is 12.6 Å². The molecular formula is C10H14F3N3O. The predicted octanol–water partition coefficient (Wildman–Crippen LogP) is 2.55. The Hall–Kier alpha value is -1.53. The molecular weight excluding hydrogens is 235 g/mol. The van der Waals surface area contributed by atoms with E-state index >= 15 is 0 Å². The largest absolute Gasteiger partial charge is 0.478 e. The fraction of sp³-hybridized carbons (Fsp3) is 0.600. The monoisotopic (exact) mass is 249 g/mol. The number of aromatic nitrogens is 2. The Kier molecular flexibility index (Phi) is 4.53. The lowest BCUT2D eigenvalue weighted by Gasteiger charge is -2.12. The van der Waals surface area contributed by atoms with E-state index in [4.69, 9.17) is 4.74 Å². The fourth-order valence-corrected chi connectivity index (χ4v) is 1.22. The third kappa shape index (κ3) is 4.46. The van der Waals surface area contributed by atoms with Gasteiger partial charge >= 0.3 is 6.18 Å². The van der Waals surface area contributed by atoms with Crippen LogP contribution in [0.2, 0.25) is 0 Å². The molecule has 96 valence electrons. The Morgan fingerprint density at radius 3 is 2.65 bits per heavy atom. The highest BCUT2D eigenvalue weighted by Crippen LogP contribution is 2.22. The zero-order valence-electron chi connectivity index (χ0n) is 9.64. The van der Waals surface area contributed by atoms with E-state index in [1.54, 1.807) is 13.8 Å². The SMILES string of the molecule is CCOc1ncnc(NCCC(F)(F)F)c1C. The van der Waals surface area contributed by atoms with Gasteiger partial charge in [0.1, 0.15) is 12.1 Å². The van der Waals surface area contributed by atoms with Crippen LogP contribution in [0.3, 0.4) is 0 Å². The molecule has 0 spiro atoms. The van der Waals surface area contributed by atoms with E-state index in [0.29, 0.717) is 23.9 Å². The molecule has 0 atom stereocenters. The van der Waals surface area contributed by atoms with Gasteiger partial charge in [-0.15, -0.1) is 0 Å². The van der Waals surface area contributed by atoms with Crippen LogP contribution in [0.1, 0.15) is 18.9 Å². The Morgan fingerprint density at radius 2 is 2.06 bits per heavy atom. The minimum absolute atomic E-state index is 0.215. The highest BCUT2D eigenvalue weighted by Gasteiger charge is 2.26. The molecule has 0 aliphatic heterocycles. The molecule has 17 heavy (non-hydrogen) atoms. The van der Waals surface area contributed by atoms with E-state index in [0.717, 1.165) is 0 Å². The molecule has 0 bridgehead atoms. The number of halogens is 3. The highest BCUT2D eigenvalue weighted by molar-refractivity contribution is 5.47. The third-order valence-electron chi connectivity index (χ3n) is 2.02. The molecule has 1 rings (SSSR count). The van der Waals surface area contributed by atoms with Crippen molar-refractivity contribution in [2.45, 2.75) is 26.4 Å². The molecule has 0 aliphatic carbocycles. The summed E-state index contributed by atoms with van der Waals surface area (Å²) < 4.78 is 41.1. The molecule has 4 nitrogen and oxygen atoms in total. The summed E-state index contributed by atoms with van der Waals surface area (Å²) in [5.74, 6) is 0.754. The second kappa shape index (κ2) is 5.70. The molecule has 0 saturated carbocycles. The summed E-state index contributed by atoms with van der Waals surface area (Å²) in [5, 5.41) is 2.62. The standard InChI is InChI=1S/C10H14F3N3O/c1-3-17-9-7(2)8(15-6-16-9)14-5-4-10(11,12)13/h6H,3-5H2,1-2H3,(H,14,15,16). The van der Waals surface area contributed by atoms with E-state index in [2.05, 4.69) is 15.3 Å². The van der Waals surface area contributed by atoms with Crippen molar-refractivity contribution in [3.8, 4) is 5.88 Å². The average molecular weight is 249 g/mol. The van der Waals surface area contributed by atoms with Gasteiger partial charge in [-0.25, -0.2) is 9.97 Å². The molecule has 0 radical (unpaired) electrons. The maximum atomic E-state index is 12.0. The number of ether oxygens (including phenoxy) is 1. The maximum Gasteiger partial charge on any atom is 0.390 e. The molecule has 1 aromatic heterocycles. The van der Waals surface area contributed by atoms with Gasteiger partial charge in [-0.2, -0.15) is 13.2 Å². The fourth-order valence-electron chi connectivity index (χ4n) is 1.22. The van der Waals surface area contributed by atoms with E-state index in [1.165, 1.54) is 6.33 Å². The Balaban J connectivity index is 2.62. The lowest BCUT2D eigenvalue weighted by molar-refractivity contribution is -0.131. The second-order valence-electron chi connectivity index (χ2n) is 3.38. The Morgan fingerprint density at radius 1 is 1.35 bits per heavy atom. The molecule has 7 heteroatoms. The smallest absolute Gasteiger partial charge is 0.390 e. The number of hydrogen-bond donors (Lipinski definition) is 1. The summed E-state index contributed by atoms with van der Waals surface area (Å²) in [4.78, 5) is 7.76. The molecule has 0 fully saturated rings. The molecule has 0 amide bonds. The number of nitrogens with one attached hydrogen (secondary N) is 1. The van der Waals surface area contributed by atoms with Gasteiger partial charge in [0, 0.05) is 6.54 Å². The topological polar surface area (TPSA) is 47.0 Å². The normalized spacial score (nSPS) is 11.4. The summed E-state index contributed by atoms with van der Waals surface area (Å²) in [6.45, 7) is 3.73. The first-order valence-electron chi connectivity index (χ1n) is 5.19. The van der Waals surface area contributed by atoms with Crippen LogP contribution >= 0.6 is 0 Å². The molecule has 0 aromatic carbocycles. The van der Waals surface area contributed by atoms with Crippen molar-refractivity contribution >= 4 is 5.82 Å². The van der Waals surface area contributed by atoms with Crippen LogP contribution < -0.4 is 10.1 Å². The second-order valence-corrected chi connectivity index (χ2v) is 3.38. The third-order valence-corrected chi connectivity index (χ3v) is 2.02. The minimum Gasteiger partial charge on any atom is -0.478 e. The highest BCUT2D eigenvalue weighted by atomic mass is 19.4. The van der Waals surface area contributed by atoms with Crippen LogP contribution in [0.25, 0.3) is 0 Å². The van der Waals surface area contributed by atoms with Crippen molar-refractivity contribution in [2.24, 2.45) is 0 Å². The van der Waals surface area contributed by atoms with E-state index in [1.807, 2.05) is 0 Å². The lowest BCUT2D eigenvalue weighted by Crippen LogP contribution is -2.16. The summed E-state index contributed by atoms with van der Waals surface area (Å²) in [5.41, 5.74) is 0.608. The van der Waals surface area contributed by atoms with Gasteiger partial charge in [0.05, 0.1) is 18.6 Å². The Labute approximate surface area is 97.2 Å². The lowest BCUT2D eigenvalue weighted by atomic mass is 10.3. The number of anilines is 1. The van der Waals surface area contributed by atoms with Crippen LogP contribution in [0.5, 0.6) is 5.88 Å². The van der Waals surface area contributed by atoms with E-state index in [9.17, 15) is 13.2 Å². The van der Waals surface area contributed by atoms with Crippen molar-refractivity contribution in [3.63, 3.8) is 0 Å². The first kappa shape index (κ1) is 13.5.